The SMILES string of the molecule is CC(C)(CCO)Nc1ncncc1Br. The second-order valence-electron chi connectivity index (χ2n) is 3.70. The number of halogens is 1. The first-order valence-electron chi connectivity index (χ1n) is 4.40. The molecule has 0 atom stereocenters. The van der Waals surface area contributed by atoms with Gasteiger partial charge in [0.15, 0.2) is 0 Å². The first kappa shape index (κ1) is 11.4. The summed E-state index contributed by atoms with van der Waals surface area (Å²) in [7, 11) is 0. The summed E-state index contributed by atoms with van der Waals surface area (Å²) in [6.07, 6.45) is 3.84. The Labute approximate surface area is 91.9 Å². The summed E-state index contributed by atoms with van der Waals surface area (Å²) in [5.41, 5.74) is -0.175. The van der Waals surface area contributed by atoms with Crippen LogP contribution >= 0.6 is 15.9 Å². The van der Waals surface area contributed by atoms with Crippen molar-refractivity contribution in [2.75, 3.05) is 11.9 Å². The van der Waals surface area contributed by atoms with Crippen LogP contribution < -0.4 is 5.32 Å². The number of aliphatic hydroxyl groups excluding tert-OH is 1. The summed E-state index contributed by atoms with van der Waals surface area (Å²) < 4.78 is 0.825. The van der Waals surface area contributed by atoms with Gasteiger partial charge in [0.25, 0.3) is 0 Å². The molecule has 14 heavy (non-hydrogen) atoms. The smallest absolute Gasteiger partial charge is 0.144 e. The van der Waals surface area contributed by atoms with Gasteiger partial charge in [-0.1, -0.05) is 0 Å². The van der Waals surface area contributed by atoms with Crippen molar-refractivity contribution in [3.63, 3.8) is 0 Å². The van der Waals surface area contributed by atoms with Crippen LogP contribution in [0.5, 0.6) is 0 Å². The molecule has 0 aromatic carbocycles. The molecular weight excluding hydrogens is 246 g/mol. The maximum absolute atomic E-state index is 8.86. The van der Waals surface area contributed by atoms with Crippen LogP contribution in [0.3, 0.4) is 0 Å². The maximum Gasteiger partial charge on any atom is 0.144 e. The molecule has 78 valence electrons. The van der Waals surface area contributed by atoms with E-state index in [-0.39, 0.29) is 12.1 Å². The van der Waals surface area contributed by atoms with Gasteiger partial charge >= 0.3 is 0 Å². The number of rotatable bonds is 4. The molecule has 0 bridgehead atoms. The minimum atomic E-state index is -0.175. The van der Waals surface area contributed by atoms with Crippen molar-refractivity contribution in [1.29, 1.82) is 0 Å². The van der Waals surface area contributed by atoms with Gasteiger partial charge in [-0.3, -0.25) is 0 Å². The fourth-order valence-corrected chi connectivity index (χ4v) is 1.39. The molecule has 0 saturated carbocycles. The topological polar surface area (TPSA) is 58.0 Å². The normalized spacial score (nSPS) is 11.4. The van der Waals surface area contributed by atoms with E-state index in [1.807, 2.05) is 13.8 Å². The largest absolute Gasteiger partial charge is 0.396 e. The first-order valence-corrected chi connectivity index (χ1v) is 5.19. The van der Waals surface area contributed by atoms with Gasteiger partial charge in [-0.15, -0.1) is 0 Å². The second-order valence-corrected chi connectivity index (χ2v) is 4.56. The van der Waals surface area contributed by atoms with Crippen LogP contribution in [-0.4, -0.2) is 27.2 Å². The fraction of sp³-hybridized carbons (Fsp3) is 0.556. The average molecular weight is 260 g/mol. The van der Waals surface area contributed by atoms with Crippen LogP contribution in [0.1, 0.15) is 20.3 Å². The number of hydrogen-bond donors (Lipinski definition) is 2. The van der Waals surface area contributed by atoms with Gasteiger partial charge in [-0.05, 0) is 36.2 Å². The van der Waals surface area contributed by atoms with Gasteiger partial charge < -0.3 is 10.4 Å². The zero-order valence-corrected chi connectivity index (χ0v) is 9.87. The molecule has 0 unspecified atom stereocenters. The molecule has 1 rings (SSSR count). The van der Waals surface area contributed by atoms with Gasteiger partial charge in [0.1, 0.15) is 12.1 Å². The predicted molar refractivity (Wildman–Crippen MR) is 59.1 cm³/mol. The number of aromatic nitrogens is 2. The van der Waals surface area contributed by atoms with E-state index in [1.165, 1.54) is 6.33 Å². The molecule has 0 aliphatic heterocycles. The summed E-state index contributed by atoms with van der Waals surface area (Å²) >= 11 is 3.35. The molecule has 0 aliphatic carbocycles. The average Bonchev–Trinajstić information content (AvgIpc) is 2.08. The number of anilines is 1. The van der Waals surface area contributed by atoms with Crippen molar-refractivity contribution in [3.05, 3.63) is 17.0 Å². The van der Waals surface area contributed by atoms with Crippen molar-refractivity contribution in [2.24, 2.45) is 0 Å². The minimum Gasteiger partial charge on any atom is -0.396 e. The van der Waals surface area contributed by atoms with E-state index in [9.17, 15) is 0 Å². The lowest BCUT2D eigenvalue weighted by molar-refractivity contribution is 0.260. The second kappa shape index (κ2) is 4.70. The monoisotopic (exact) mass is 259 g/mol. The molecule has 0 aliphatic rings. The van der Waals surface area contributed by atoms with Crippen molar-refractivity contribution in [3.8, 4) is 0 Å². The van der Waals surface area contributed by atoms with Crippen molar-refractivity contribution in [2.45, 2.75) is 25.8 Å². The molecule has 1 heterocycles. The lowest BCUT2D eigenvalue weighted by Crippen LogP contribution is -2.32. The van der Waals surface area contributed by atoms with E-state index in [2.05, 4.69) is 31.2 Å². The Kier molecular flexibility index (Phi) is 3.83. The molecule has 1 aromatic rings. The standard InChI is InChI=1S/C9H14BrN3O/c1-9(2,3-4-14)13-8-7(10)5-11-6-12-8/h5-6,14H,3-4H2,1-2H3,(H,11,12,13). The molecule has 0 amide bonds. The van der Waals surface area contributed by atoms with Crippen molar-refractivity contribution in [1.82, 2.24) is 9.97 Å². The van der Waals surface area contributed by atoms with Crippen LogP contribution in [0, 0.1) is 0 Å². The number of hydrogen-bond acceptors (Lipinski definition) is 4. The third-order valence-corrected chi connectivity index (χ3v) is 2.44. The third kappa shape index (κ3) is 3.23. The highest BCUT2D eigenvalue weighted by molar-refractivity contribution is 9.10. The van der Waals surface area contributed by atoms with Crippen LogP contribution in [-0.2, 0) is 0 Å². The Bertz CT molecular complexity index is 304. The minimum absolute atomic E-state index is 0.155. The molecule has 0 radical (unpaired) electrons. The summed E-state index contributed by atoms with van der Waals surface area (Å²) in [6, 6.07) is 0. The number of aliphatic hydroxyl groups is 1. The van der Waals surface area contributed by atoms with Crippen LogP contribution in [0.15, 0.2) is 17.0 Å². The Morgan fingerprint density at radius 3 is 2.86 bits per heavy atom. The van der Waals surface area contributed by atoms with Crippen molar-refractivity contribution < 1.29 is 5.11 Å². The highest BCUT2D eigenvalue weighted by Crippen LogP contribution is 2.22. The van der Waals surface area contributed by atoms with E-state index in [4.69, 9.17) is 5.11 Å². The molecule has 2 N–H and O–H groups in total. The number of nitrogens with one attached hydrogen (secondary N) is 1. The molecule has 0 fully saturated rings. The fourth-order valence-electron chi connectivity index (χ4n) is 1.07. The van der Waals surface area contributed by atoms with Gasteiger partial charge in [-0.25, -0.2) is 9.97 Å². The van der Waals surface area contributed by atoms with E-state index >= 15 is 0 Å². The van der Waals surface area contributed by atoms with Crippen LogP contribution in [0.2, 0.25) is 0 Å². The Morgan fingerprint density at radius 1 is 1.57 bits per heavy atom. The van der Waals surface area contributed by atoms with Gasteiger partial charge in [-0.2, -0.15) is 0 Å². The van der Waals surface area contributed by atoms with Gasteiger partial charge in [0.2, 0.25) is 0 Å². The summed E-state index contributed by atoms with van der Waals surface area (Å²) in [5.74, 6) is 0.749. The third-order valence-electron chi connectivity index (χ3n) is 1.86. The van der Waals surface area contributed by atoms with E-state index in [0.717, 1.165) is 10.3 Å². The lowest BCUT2D eigenvalue weighted by Gasteiger charge is -2.26. The highest BCUT2D eigenvalue weighted by Gasteiger charge is 2.18. The molecule has 5 heteroatoms. The van der Waals surface area contributed by atoms with Crippen LogP contribution in [0.4, 0.5) is 5.82 Å². The molecule has 0 saturated heterocycles. The van der Waals surface area contributed by atoms with Gasteiger partial charge in [0.05, 0.1) is 4.47 Å². The zero-order chi connectivity index (χ0) is 10.6. The predicted octanol–water partition coefficient (Wildman–Crippen LogP) is 1.81. The Balaban J connectivity index is 2.73. The van der Waals surface area contributed by atoms with Crippen molar-refractivity contribution >= 4 is 21.7 Å². The van der Waals surface area contributed by atoms with Gasteiger partial charge in [0, 0.05) is 18.3 Å². The van der Waals surface area contributed by atoms with E-state index in [0.29, 0.717) is 6.42 Å². The lowest BCUT2D eigenvalue weighted by atomic mass is 10.0. The maximum atomic E-state index is 8.86. The number of nitrogens with zero attached hydrogens (tertiary/aromatic N) is 2. The highest BCUT2D eigenvalue weighted by atomic mass is 79.9. The van der Waals surface area contributed by atoms with E-state index < -0.39 is 0 Å². The summed E-state index contributed by atoms with van der Waals surface area (Å²) in [6.45, 7) is 4.18. The Hall–Kier alpha value is -0.680. The molecule has 4 nitrogen and oxygen atoms in total. The summed E-state index contributed by atoms with van der Waals surface area (Å²) in [5, 5.41) is 12.1. The Morgan fingerprint density at radius 2 is 2.29 bits per heavy atom. The molecule has 1 aromatic heterocycles. The first-order chi connectivity index (χ1) is 6.55. The summed E-state index contributed by atoms with van der Waals surface area (Å²) in [4.78, 5) is 7.97. The quantitative estimate of drug-likeness (QED) is 0.866. The van der Waals surface area contributed by atoms with Crippen LogP contribution in [0.25, 0.3) is 0 Å². The zero-order valence-electron chi connectivity index (χ0n) is 8.29. The molecular formula is C9H14BrN3O. The molecule has 0 spiro atoms. The van der Waals surface area contributed by atoms with E-state index in [1.54, 1.807) is 6.20 Å².